The average molecular weight is 296 g/mol. The molecule has 2 rings (SSSR count). The van der Waals surface area contributed by atoms with E-state index in [-0.39, 0.29) is 12.3 Å². The van der Waals surface area contributed by atoms with Gasteiger partial charge in [0.25, 0.3) is 0 Å². The van der Waals surface area contributed by atoms with E-state index in [2.05, 4.69) is 0 Å². The van der Waals surface area contributed by atoms with E-state index in [4.69, 9.17) is 22.4 Å². The quantitative estimate of drug-likeness (QED) is 0.886. The first-order valence-corrected chi connectivity index (χ1v) is 7.17. The van der Waals surface area contributed by atoms with E-state index in [9.17, 15) is 4.79 Å². The zero-order valence-electron chi connectivity index (χ0n) is 10.2. The molecule has 1 aromatic carbocycles. The van der Waals surface area contributed by atoms with Crippen LogP contribution in [0.25, 0.3) is 11.1 Å². The Morgan fingerprint density at radius 1 is 1.42 bits per heavy atom. The molecule has 3 N–H and O–H groups in total. The highest BCUT2D eigenvalue weighted by atomic mass is 35.5. The Kier molecular flexibility index (Phi) is 4.58. The molecule has 0 spiro atoms. The van der Waals surface area contributed by atoms with Gasteiger partial charge in [-0.25, -0.2) is 0 Å². The molecule has 1 aromatic heterocycles. The molecule has 0 saturated heterocycles. The highest BCUT2D eigenvalue weighted by molar-refractivity contribution is 7.08. The van der Waals surface area contributed by atoms with Gasteiger partial charge in [-0.2, -0.15) is 11.3 Å². The van der Waals surface area contributed by atoms with Crippen LogP contribution in [0.1, 0.15) is 17.9 Å². The smallest absolute Gasteiger partial charge is 0.304 e. The van der Waals surface area contributed by atoms with Crippen LogP contribution in [0.5, 0.6) is 0 Å². The Bertz CT molecular complexity index is 569. The van der Waals surface area contributed by atoms with Crippen molar-refractivity contribution in [1.82, 2.24) is 0 Å². The molecule has 0 aliphatic carbocycles. The van der Waals surface area contributed by atoms with E-state index < -0.39 is 5.97 Å². The highest BCUT2D eigenvalue weighted by Crippen LogP contribution is 2.34. The van der Waals surface area contributed by atoms with Gasteiger partial charge in [-0.15, -0.1) is 0 Å². The fraction of sp³-hybridized carbons (Fsp3) is 0.214. The summed E-state index contributed by atoms with van der Waals surface area (Å²) < 4.78 is 0. The summed E-state index contributed by atoms with van der Waals surface area (Å²) in [6.07, 6.45) is 0.0231. The van der Waals surface area contributed by atoms with Gasteiger partial charge in [0.1, 0.15) is 0 Å². The van der Waals surface area contributed by atoms with Crippen molar-refractivity contribution >= 4 is 28.9 Å². The van der Waals surface area contributed by atoms with Crippen LogP contribution < -0.4 is 5.73 Å². The third-order valence-corrected chi connectivity index (χ3v) is 3.91. The van der Waals surface area contributed by atoms with Crippen LogP contribution in [0.2, 0.25) is 5.02 Å². The van der Waals surface area contributed by atoms with Gasteiger partial charge in [0.2, 0.25) is 0 Å². The third kappa shape index (κ3) is 3.35. The van der Waals surface area contributed by atoms with Crippen LogP contribution >= 0.6 is 22.9 Å². The van der Waals surface area contributed by atoms with Crippen molar-refractivity contribution in [3.05, 3.63) is 45.6 Å². The number of carboxylic acid groups (broad SMARTS) is 1. The van der Waals surface area contributed by atoms with Crippen LogP contribution in [-0.2, 0) is 4.79 Å². The molecule has 3 nitrogen and oxygen atoms in total. The van der Waals surface area contributed by atoms with E-state index in [0.717, 1.165) is 16.7 Å². The Morgan fingerprint density at radius 2 is 2.21 bits per heavy atom. The second-order valence-corrected chi connectivity index (χ2v) is 5.49. The highest BCUT2D eigenvalue weighted by Gasteiger charge is 2.18. The van der Waals surface area contributed by atoms with Gasteiger partial charge in [-0.1, -0.05) is 17.7 Å². The molecule has 1 heterocycles. The first-order valence-electron chi connectivity index (χ1n) is 5.85. The largest absolute Gasteiger partial charge is 0.481 e. The molecular weight excluding hydrogens is 282 g/mol. The Balaban J connectivity index is 2.47. The summed E-state index contributed by atoms with van der Waals surface area (Å²) in [7, 11) is 0. The topological polar surface area (TPSA) is 63.3 Å². The zero-order valence-corrected chi connectivity index (χ0v) is 11.7. The normalized spacial score (nSPS) is 12.3. The molecule has 0 aliphatic heterocycles. The van der Waals surface area contributed by atoms with Crippen molar-refractivity contribution in [2.45, 2.75) is 12.3 Å². The molecule has 0 saturated carbocycles. The first kappa shape index (κ1) is 14.1. The van der Waals surface area contributed by atoms with E-state index >= 15 is 0 Å². The molecule has 0 amide bonds. The number of rotatable bonds is 5. The van der Waals surface area contributed by atoms with Crippen molar-refractivity contribution in [3.63, 3.8) is 0 Å². The van der Waals surface area contributed by atoms with Crippen LogP contribution in [-0.4, -0.2) is 17.6 Å². The van der Waals surface area contributed by atoms with Gasteiger partial charge in [0.15, 0.2) is 0 Å². The SMILES string of the molecule is NC[C@H](CC(=O)O)c1ccc(Cl)cc1-c1ccsc1. The summed E-state index contributed by atoms with van der Waals surface area (Å²) in [6.45, 7) is 0.297. The fourth-order valence-electron chi connectivity index (χ4n) is 2.08. The lowest BCUT2D eigenvalue weighted by Crippen LogP contribution is -2.17. The maximum Gasteiger partial charge on any atom is 0.304 e. The third-order valence-electron chi connectivity index (χ3n) is 2.99. The summed E-state index contributed by atoms with van der Waals surface area (Å²) >= 11 is 7.63. The molecule has 0 bridgehead atoms. The standard InChI is InChI=1S/C14H14ClNO2S/c15-11-1-2-12(10(7-16)5-14(17)18)13(6-11)9-3-4-19-8-9/h1-4,6,8,10H,5,7,16H2,(H,17,18)/t10-/m0/s1. The minimum absolute atomic E-state index is 0.0231. The maximum absolute atomic E-state index is 10.9. The van der Waals surface area contributed by atoms with Gasteiger partial charge in [0, 0.05) is 10.9 Å². The molecular formula is C14H14ClNO2S. The lowest BCUT2D eigenvalue weighted by Gasteiger charge is -2.17. The zero-order chi connectivity index (χ0) is 13.8. The predicted octanol–water partition coefficient (Wildman–Crippen LogP) is 3.59. The van der Waals surface area contributed by atoms with Crippen LogP contribution in [0.15, 0.2) is 35.0 Å². The summed E-state index contributed by atoms with van der Waals surface area (Å²) in [4.78, 5) is 10.9. The number of nitrogens with two attached hydrogens (primary N) is 1. The monoisotopic (exact) mass is 295 g/mol. The van der Waals surface area contributed by atoms with Gasteiger partial charge < -0.3 is 10.8 Å². The molecule has 5 heteroatoms. The molecule has 100 valence electrons. The van der Waals surface area contributed by atoms with Crippen LogP contribution in [0, 0.1) is 0 Å². The van der Waals surface area contributed by atoms with Crippen molar-refractivity contribution in [1.29, 1.82) is 0 Å². The van der Waals surface area contributed by atoms with E-state index in [1.165, 1.54) is 0 Å². The first-order chi connectivity index (χ1) is 9.11. The number of carbonyl (C=O) groups is 1. The van der Waals surface area contributed by atoms with Gasteiger partial charge in [0.05, 0.1) is 6.42 Å². The van der Waals surface area contributed by atoms with Crippen molar-refractivity contribution in [2.75, 3.05) is 6.54 Å². The maximum atomic E-state index is 10.9. The molecule has 0 unspecified atom stereocenters. The number of thiophene rings is 1. The summed E-state index contributed by atoms with van der Waals surface area (Å²) in [5.41, 5.74) is 8.67. The second kappa shape index (κ2) is 6.19. The van der Waals surface area contributed by atoms with Crippen LogP contribution in [0.3, 0.4) is 0 Å². The van der Waals surface area contributed by atoms with E-state index in [0.29, 0.717) is 11.6 Å². The second-order valence-electron chi connectivity index (χ2n) is 4.27. The van der Waals surface area contributed by atoms with Gasteiger partial charge in [-0.05, 0) is 52.2 Å². The lowest BCUT2D eigenvalue weighted by atomic mass is 9.89. The predicted molar refractivity (Wildman–Crippen MR) is 78.8 cm³/mol. The lowest BCUT2D eigenvalue weighted by molar-refractivity contribution is -0.137. The molecule has 0 aliphatic rings. The minimum atomic E-state index is -0.846. The number of halogens is 1. The number of aliphatic carboxylic acids is 1. The number of benzene rings is 1. The summed E-state index contributed by atoms with van der Waals surface area (Å²) in [5, 5.41) is 13.6. The molecule has 0 fully saturated rings. The van der Waals surface area contributed by atoms with Crippen LogP contribution in [0.4, 0.5) is 0 Å². The van der Waals surface area contributed by atoms with E-state index in [1.807, 2.05) is 29.0 Å². The minimum Gasteiger partial charge on any atom is -0.481 e. The van der Waals surface area contributed by atoms with Crippen molar-refractivity contribution in [2.24, 2.45) is 5.73 Å². The van der Waals surface area contributed by atoms with Crippen molar-refractivity contribution < 1.29 is 9.90 Å². The van der Waals surface area contributed by atoms with E-state index in [1.54, 1.807) is 17.4 Å². The summed E-state index contributed by atoms with van der Waals surface area (Å²) in [5.74, 6) is -1.05. The molecule has 0 radical (unpaired) electrons. The molecule has 1 atom stereocenters. The van der Waals surface area contributed by atoms with Crippen molar-refractivity contribution in [3.8, 4) is 11.1 Å². The Labute approximate surface area is 120 Å². The average Bonchev–Trinajstić information content (AvgIpc) is 2.89. The van der Waals surface area contributed by atoms with Gasteiger partial charge >= 0.3 is 5.97 Å². The van der Waals surface area contributed by atoms with Gasteiger partial charge in [-0.3, -0.25) is 4.79 Å². The fourth-order valence-corrected chi connectivity index (χ4v) is 2.91. The molecule has 19 heavy (non-hydrogen) atoms. The summed E-state index contributed by atoms with van der Waals surface area (Å²) in [6, 6.07) is 7.50. The molecule has 2 aromatic rings. The number of hydrogen-bond acceptors (Lipinski definition) is 3. The number of hydrogen-bond donors (Lipinski definition) is 2. The Hall–Kier alpha value is -1.36. The number of carboxylic acids is 1. The Morgan fingerprint density at radius 3 is 2.79 bits per heavy atom.